The van der Waals surface area contributed by atoms with E-state index in [-0.39, 0.29) is 0 Å². The fraction of sp³-hybridized carbons (Fsp3) is 0.0909. The second kappa shape index (κ2) is 8.92. The van der Waals surface area contributed by atoms with Gasteiger partial charge in [0.15, 0.2) is 5.11 Å². The Morgan fingerprint density at radius 1 is 1.03 bits per heavy atom. The number of H-pyrrole nitrogens is 1. The molecule has 0 saturated heterocycles. The van der Waals surface area contributed by atoms with Crippen LogP contribution in [0.2, 0.25) is 10.0 Å². The molecule has 0 amide bonds. The van der Waals surface area contributed by atoms with Crippen LogP contribution >= 0.6 is 35.4 Å². The standard InChI is InChI=1S/C22H18Cl2N4OS/c1-13-10-15(29-12-21-26-19-4-2-3-5-20(19)27-21)7-9-18(13)28-22(30)25-14-6-8-16(23)17(24)11-14/h2-11H,12H2,1H3,(H,26,27)(H2,25,28,30). The van der Waals surface area contributed by atoms with Crippen LogP contribution in [0.15, 0.2) is 60.7 Å². The first-order valence-electron chi connectivity index (χ1n) is 9.18. The minimum Gasteiger partial charge on any atom is -0.486 e. The predicted molar refractivity (Wildman–Crippen MR) is 128 cm³/mol. The number of anilines is 2. The lowest BCUT2D eigenvalue weighted by molar-refractivity contribution is 0.297. The molecule has 0 fully saturated rings. The van der Waals surface area contributed by atoms with Crippen molar-refractivity contribution in [1.82, 2.24) is 9.97 Å². The Balaban J connectivity index is 1.37. The fourth-order valence-electron chi connectivity index (χ4n) is 2.95. The van der Waals surface area contributed by atoms with Gasteiger partial charge in [-0.2, -0.15) is 0 Å². The number of aromatic nitrogens is 2. The number of ether oxygens (including phenoxy) is 1. The van der Waals surface area contributed by atoms with E-state index >= 15 is 0 Å². The van der Waals surface area contributed by atoms with Gasteiger partial charge in [0.25, 0.3) is 0 Å². The van der Waals surface area contributed by atoms with Crippen LogP contribution in [-0.2, 0) is 6.61 Å². The van der Waals surface area contributed by atoms with Gasteiger partial charge in [0.05, 0.1) is 21.1 Å². The van der Waals surface area contributed by atoms with Gasteiger partial charge >= 0.3 is 0 Å². The highest BCUT2D eigenvalue weighted by Gasteiger charge is 2.07. The summed E-state index contributed by atoms with van der Waals surface area (Å²) in [6, 6.07) is 18.9. The maximum atomic E-state index is 6.04. The lowest BCUT2D eigenvalue weighted by atomic mass is 10.2. The first kappa shape index (κ1) is 20.5. The lowest BCUT2D eigenvalue weighted by Gasteiger charge is -2.14. The Morgan fingerprint density at radius 3 is 2.63 bits per heavy atom. The summed E-state index contributed by atoms with van der Waals surface area (Å²) in [5.74, 6) is 1.53. The van der Waals surface area contributed by atoms with E-state index in [1.807, 2.05) is 55.5 Å². The number of imidazole rings is 1. The monoisotopic (exact) mass is 456 g/mol. The zero-order valence-corrected chi connectivity index (χ0v) is 18.3. The fourth-order valence-corrected chi connectivity index (χ4v) is 3.48. The summed E-state index contributed by atoms with van der Waals surface area (Å²) < 4.78 is 5.89. The van der Waals surface area contributed by atoms with Crippen molar-refractivity contribution < 1.29 is 4.74 Å². The van der Waals surface area contributed by atoms with Crippen molar-refractivity contribution >= 4 is 62.9 Å². The van der Waals surface area contributed by atoms with Crippen molar-refractivity contribution in [3.63, 3.8) is 0 Å². The molecule has 0 spiro atoms. The van der Waals surface area contributed by atoms with Gasteiger partial charge in [0.1, 0.15) is 18.2 Å². The Hall–Kier alpha value is -2.80. The first-order valence-corrected chi connectivity index (χ1v) is 10.3. The number of benzene rings is 3. The third-order valence-electron chi connectivity index (χ3n) is 4.44. The summed E-state index contributed by atoms with van der Waals surface area (Å²) in [6.45, 7) is 2.34. The number of halogens is 2. The number of hydrogen-bond acceptors (Lipinski definition) is 3. The summed E-state index contributed by atoms with van der Waals surface area (Å²) in [7, 11) is 0. The van der Waals surface area contributed by atoms with Gasteiger partial charge < -0.3 is 20.4 Å². The number of nitrogens with zero attached hydrogens (tertiary/aromatic N) is 1. The Kier molecular flexibility index (Phi) is 6.08. The topological polar surface area (TPSA) is 62.0 Å². The summed E-state index contributed by atoms with van der Waals surface area (Å²) >= 11 is 17.4. The van der Waals surface area contributed by atoms with Gasteiger partial charge in [-0.05, 0) is 73.2 Å². The molecule has 5 nitrogen and oxygen atoms in total. The molecule has 1 heterocycles. The molecule has 4 aromatic rings. The maximum Gasteiger partial charge on any atom is 0.175 e. The Labute approximate surface area is 189 Å². The van der Waals surface area contributed by atoms with Gasteiger partial charge in [0, 0.05) is 11.4 Å². The van der Waals surface area contributed by atoms with E-state index in [1.165, 1.54) is 0 Å². The molecular weight excluding hydrogens is 439 g/mol. The zero-order valence-electron chi connectivity index (χ0n) is 16.0. The number of aryl methyl sites for hydroxylation is 1. The average Bonchev–Trinajstić information content (AvgIpc) is 3.14. The number of para-hydroxylation sites is 2. The van der Waals surface area contributed by atoms with Crippen molar-refractivity contribution in [1.29, 1.82) is 0 Å². The minimum atomic E-state index is 0.359. The van der Waals surface area contributed by atoms with E-state index in [2.05, 4.69) is 20.6 Å². The van der Waals surface area contributed by atoms with E-state index in [1.54, 1.807) is 12.1 Å². The van der Waals surface area contributed by atoms with Gasteiger partial charge in [-0.25, -0.2) is 4.98 Å². The molecule has 8 heteroatoms. The summed E-state index contributed by atoms with van der Waals surface area (Å²) in [6.07, 6.45) is 0. The minimum absolute atomic E-state index is 0.359. The maximum absolute atomic E-state index is 6.04. The molecule has 0 atom stereocenters. The molecular formula is C22H18Cl2N4OS. The van der Waals surface area contributed by atoms with Gasteiger partial charge in [0.2, 0.25) is 0 Å². The molecule has 1 aromatic heterocycles. The molecule has 0 saturated carbocycles. The number of thiocarbonyl (C=S) groups is 1. The third-order valence-corrected chi connectivity index (χ3v) is 5.38. The Bertz CT molecular complexity index is 1190. The van der Waals surface area contributed by atoms with E-state index in [0.717, 1.165) is 39.5 Å². The molecule has 3 N–H and O–H groups in total. The average molecular weight is 457 g/mol. The van der Waals surface area contributed by atoms with Crippen LogP contribution in [0.1, 0.15) is 11.4 Å². The largest absolute Gasteiger partial charge is 0.486 e. The highest BCUT2D eigenvalue weighted by molar-refractivity contribution is 7.80. The van der Waals surface area contributed by atoms with Crippen molar-refractivity contribution in [3.8, 4) is 5.75 Å². The number of fused-ring (bicyclic) bond motifs is 1. The molecule has 30 heavy (non-hydrogen) atoms. The number of rotatable bonds is 5. The van der Waals surface area contributed by atoms with Crippen LogP contribution in [0, 0.1) is 6.92 Å². The van der Waals surface area contributed by atoms with Crippen LogP contribution in [0.4, 0.5) is 11.4 Å². The molecule has 0 aliphatic rings. The van der Waals surface area contributed by atoms with Crippen molar-refractivity contribution in [3.05, 3.63) is 82.1 Å². The van der Waals surface area contributed by atoms with Crippen LogP contribution in [0.3, 0.4) is 0 Å². The van der Waals surface area contributed by atoms with Gasteiger partial charge in [-0.15, -0.1) is 0 Å². The number of aromatic amines is 1. The summed E-state index contributed by atoms with van der Waals surface area (Å²) in [4.78, 5) is 7.78. The molecule has 0 bridgehead atoms. The second-order valence-corrected chi connectivity index (χ2v) is 7.90. The molecule has 0 unspecified atom stereocenters. The first-order chi connectivity index (χ1) is 14.5. The molecule has 0 radical (unpaired) electrons. The smallest absolute Gasteiger partial charge is 0.175 e. The highest BCUT2D eigenvalue weighted by Crippen LogP contribution is 2.26. The molecule has 152 valence electrons. The van der Waals surface area contributed by atoms with E-state index in [9.17, 15) is 0 Å². The molecule has 0 aliphatic carbocycles. The zero-order chi connectivity index (χ0) is 21.1. The van der Waals surface area contributed by atoms with Crippen LogP contribution < -0.4 is 15.4 Å². The van der Waals surface area contributed by atoms with Gasteiger partial charge in [-0.3, -0.25) is 0 Å². The normalized spacial score (nSPS) is 10.8. The lowest BCUT2D eigenvalue weighted by Crippen LogP contribution is -2.19. The van der Waals surface area contributed by atoms with Crippen LogP contribution in [0.25, 0.3) is 11.0 Å². The Morgan fingerprint density at radius 2 is 1.87 bits per heavy atom. The summed E-state index contributed by atoms with van der Waals surface area (Å²) in [5, 5.41) is 7.69. The summed E-state index contributed by atoms with van der Waals surface area (Å²) in [5.41, 5.74) is 4.55. The van der Waals surface area contributed by atoms with Crippen molar-refractivity contribution in [2.45, 2.75) is 13.5 Å². The molecule has 0 aliphatic heterocycles. The third kappa shape index (κ3) is 4.84. The molecule has 3 aromatic carbocycles. The highest BCUT2D eigenvalue weighted by atomic mass is 35.5. The van der Waals surface area contributed by atoms with E-state index in [4.69, 9.17) is 40.2 Å². The van der Waals surface area contributed by atoms with E-state index in [0.29, 0.717) is 21.8 Å². The van der Waals surface area contributed by atoms with Crippen LogP contribution in [-0.4, -0.2) is 15.1 Å². The van der Waals surface area contributed by atoms with Crippen LogP contribution in [0.5, 0.6) is 5.75 Å². The van der Waals surface area contributed by atoms with Crippen molar-refractivity contribution in [2.24, 2.45) is 0 Å². The number of nitrogens with one attached hydrogen (secondary N) is 3. The SMILES string of the molecule is Cc1cc(OCc2nc3ccccc3[nH]2)ccc1NC(=S)Nc1ccc(Cl)c(Cl)c1. The molecule has 4 rings (SSSR count). The predicted octanol–water partition coefficient (Wildman–Crippen LogP) is 6.57. The number of hydrogen-bond donors (Lipinski definition) is 3. The second-order valence-electron chi connectivity index (χ2n) is 6.67. The van der Waals surface area contributed by atoms with E-state index < -0.39 is 0 Å². The quantitative estimate of drug-likeness (QED) is 0.296. The van der Waals surface area contributed by atoms with Gasteiger partial charge in [-0.1, -0.05) is 35.3 Å². The van der Waals surface area contributed by atoms with Crippen molar-refractivity contribution in [2.75, 3.05) is 10.6 Å².